The van der Waals surface area contributed by atoms with Crippen LogP contribution in [-0.4, -0.2) is 50.4 Å². The first-order valence-electron chi connectivity index (χ1n) is 8.35. The number of fused-ring (bicyclic) bond motifs is 1. The van der Waals surface area contributed by atoms with E-state index in [1.54, 1.807) is 11.0 Å². The zero-order chi connectivity index (χ0) is 17.4. The van der Waals surface area contributed by atoms with Crippen LogP contribution in [0, 0.1) is 5.82 Å². The molecule has 0 unspecified atom stereocenters. The molecule has 1 aliphatic rings. The second-order valence-corrected chi connectivity index (χ2v) is 6.37. The van der Waals surface area contributed by atoms with Crippen LogP contribution in [0.15, 0.2) is 36.8 Å². The van der Waals surface area contributed by atoms with Gasteiger partial charge in [0.25, 0.3) is 0 Å². The Morgan fingerprint density at radius 1 is 1.35 bits per heavy atom. The normalized spacial score (nSPS) is 15.2. The van der Waals surface area contributed by atoms with Gasteiger partial charge in [-0.2, -0.15) is 5.10 Å². The van der Waals surface area contributed by atoms with E-state index < -0.39 is 6.61 Å². The highest BCUT2D eigenvalue weighted by molar-refractivity contribution is 5.95. The molecule has 0 bridgehead atoms. The Bertz CT molecular complexity index is 909. The van der Waals surface area contributed by atoms with Gasteiger partial charge in [-0.15, -0.1) is 0 Å². The molecule has 2 aromatic heterocycles. The van der Waals surface area contributed by atoms with Crippen molar-refractivity contribution in [2.75, 3.05) is 19.7 Å². The van der Waals surface area contributed by atoms with Gasteiger partial charge in [0, 0.05) is 47.5 Å². The Kier molecular flexibility index (Phi) is 5.08. The first-order chi connectivity index (χ1) is 12.2. The van der Waals surface area contributed by atoms with Crippen molar-refractivity contribution in [2.24, 2.45) is 0 Å². The second-order valence-electron chi connectivity index (χ2n) is 6.37. The average molecular weight is 358 g/mol. The molecule has 26 heavy (non-hydrogen) atoms. The molecule has 0 spiro atoms. The summed E-state index contributed by atoms with van der Waals surface area (Å²) in [4.78, 5) is 16.3. The third-order valence-corrected chi connectivity index (χ3v) is 4.88. The van der Waals surface area contributed by atoms with Crippen LogP contribution in [0.25, 0.3) is 22.0 Å². The van der Waals surface area contributed by atoms with Crippen molar-refractivity contribution in [2.45, 2.75) is 26.3 Å². The van der Waals surface area contributed by atoms with Crippen LogP contribution in [0.4, 0.5) is 4.39 Å². The highest BCUT2D eigenvalue weighted by atomic mass is 19.1. The van der Waals surface area contributed by atoms with Crippen molar-refractivity contribution in [1.29, 1.82) is 0 Å². The molecule has 6 nitrogen and oxygen atoms in total. The van der Waals surface area contributed by atoms with Crippen LogP contribution in [-0.2, 0) is 4.79 Å². The third kappa shape index (κ3) is 3.22. The Morgan fingerprint density at radius 2 is 2.12 bits per heavy atom. The monoisotopic (exact) mass is 358 g/mol. The van der Waals surface area contributed by atoms with Gasteiger partial charge in [-0.05, 0) is 31.0 Å². The molecular weight excluding hydrogens is 335 g/mol. The maximum Gasteiger partial charge on any atom is 0.248 e. The molecule has 7 heteroatoms. The summed E-state index contributed by atoms with van der Waals surface area (Å²) < 4.78 is 15.3. The number of carbonyl (C=O) groups excluding carboxylic acids is 1. The molecule has 138 valence electrons. The summed E-state index contributed by atoms with van der Waals surface area (Å²) in [6.07, 6.45) is 7.31. The van der Waals surface area contributed by atoms with Gasteiger partial charge in [-0.3, -0.25) is 9.48 Å². The molecule has 1 aliphatic heterocycles. The van der Waals surface area contributed by atoms with Crippen LogP contribution in [0.3, 0.4) is 0 Å². The topological polar surface area (TPSA) is 74.2 Å². The van der Waals surface area contributed by atoms with E-state index in [4.69, 9.17) is 5.11 Å². The highest BCUT2D eigenvalue weighted by Crippen LogP contribution is 2.30. The molecular formula is C19H23FN4O2. The van der Waals surface area contributed by atoms with Gasteiger partial charge in [0.15, 0.2) is 0 Å². The lowest BCUT2D eigenvalue weighted by molar-refractivity contribution is -0.135. The molecule has 0 aliphatic carbocycles. The van der Waals surface area contributed by atoms with Crippen molar-refractivity contribution < 1.29 is 14.3 Å². The fourth-order valence-electron chi connectivity index (χ4n) is 3.49. The van der Waals surface area contributed by atoms with Crippen molar-refractivity contribution in [3.63, 3.8) is 0 Å². The Morgan fingerprint density at radius 3 is 2.85 bits per heavy atom. The fourth-order valence-corrected chi connectivity index (χ4v) is 3.49. The number of hydrogen-bond donors (Lipinski definition) is 2. The molecule has 4 rings (SSSR count). The predicted molar refractivity (Wildman–Crippen MR) is 98.1 cm³/mol. The molecule has 0 saturated carbocycles. The summed E-state index contributed by atoms with van der Waals surface area (Å²) in [7, 11) is 0. The molecule has 1 aromatic carbocycles. The molecule has 1 amide bonds. The van der Waals surface area contributed by atoms with Gasteiger partial charge in [0.1, 0.15) is 12.4 Å². The van der Waals surface area contributed by atoms with Gasteiger partial charge in [0.2, 0.25) is 5.91 Å². The minimum atomic E-state index is -0.433. The van der Waals surface area contributed by atoms with E-state index in [1.807, 2.05) is 23.3 Å². The van der Waals surface area contributed by atoms with E-state index in [0.29, 0.717) is 13.1 Å². The molecule has 0 radical (unpaired) electrons. The number of nitrogens with zero attached hydrogens (tertiary/aromatic N) is 3. The molecule has 1 saturated heterocycles. The quantitative estimate of drug-likeness (QED) is 0.756. The van der Waals surface area contributed by atoms with Crippen LogP contribution in [0.5, 0.6) is 0 Å². The summed E-state index contributed by atoms with van der Waals surface area (Å²) in [6.45, 7) is 0.828. The number of halogens is 1. The van der Waals surface area contributed by atoms with E-state index in [1.165, 1.54) is 12.1 Å². The van der Waals surface area contributed by atoms with Crippen LogP contribution < -0.4 is 0 Å². The maximum absolute atomic E-state index is 13.3. The number of aliphatic hydroxyl groups excluding tert-OH is 1. The lowest BCUT2D eigenvalue weighted by Crippen LogP contribution is -2.40. The summed E-state index contributed by atoms with van der Waals surface area (Å²) in [5, 5.41) is 14.4. The largest absolute Gasteiger partial charge is 0.387 e. The minimum Gasteiger partial charge on any atom is -0.387 e. The van der Waals surface area contributed by atoms with Gasteiger partial charge in [0.05, 0.1) is 12.2 Å². The van der Waals surface area contributed by atoms with E-state index >= 15 is 0 Å². The minimum absolute atomic E-state index is 0. The summed E-state index contributed by atoms with van der Waals surface area (Å²) in [5.74, 6) is -0.480. The molecule has 0 atom stereocenters. The van der Waals surface area contributed by atoms with Crippen molar-refractivity contribution in [3.05, 3.63) is 42.6 Å². The van der Waals surface area contributed by atoms with Gasteiger partial charge < -0.3 is 15.0 Å². The number of piperidine rings is 1. The van der Waals surface area contributed by atoms with Gasteiger partial charge in [-0.1, -0.05) is 7.43 Å². The van der Waals surface area contributed by atoms with Crippen LogP contribution >= 0.6 is 0 Å². The number of likely N-dealkylation sites (tertiary alicyclic amines) is 1. The number of H-pyrrole nitrogens is 1. The smallest absolute Gasteiger partial charge is 0.248 e. The maximum atomic E-state index is 13.3. The first-order valence-corrected chi connectivity index (χ1v) is 8.35. The third-order valence-electron chi connectivity index (χ3n) is 4.88. The number of aromatic amines is 1. The number of carbonyl (C=O) groups is 1. The van der Waals surface area contributed by atoms with E-state index in [0.717, 1.165) is 34.9 Å². The van der Waals surface area contributed by atoms with Gasteiger partial charge >= 0.3 is 0 Å². The van der Waals surface area contributed by atoms with Crippen LogP contribution in [0.1, 0.15) is 26.3 Å². The number of aliphatic hydroxyl groups is 1. The zero-order valence-electron chi connectivity index (χ0n) is 13.7. The van der Waals surface area contributed by atoms with E-state index in [-0.39, 0.29) is 25.2 Å². The van der Waals surface area contributed by atoms with Crippen molar-refractivity contribution in [1.82, 2.24) is 19.7 Å². The summed E-state index contributed by atoms with van der Waals surface area (Å²) in [5.41, 5.74) is 2.74. The predicted octanol–water partition coefficient (Wildman–Crippen LogP) is 2.96. The molecule has 3 heterocycles. The van der Waals surface area contributed by atoms with Crippen LogP contribution in [0.2, 0.25) is 0 Å². The number of nitrogens with one attached hydrogen (secondary N) is 1. The zero-order valence-corrected chi connectivity index (χ0v) is 13.7. The highest BCUT2D eigenvalue weighted by Gasteiger charge is 2.24. The molecule has 2 N–H and O–H groups in total. The first kappa shape index (κ1) is 18.1. The number of hydrogen-bond acceptors (Lipinski definition) is 3. The number of benzene rings is 1. The number of rotatable bonds is 3. The molecule has 1 fully saturated rings. The Hall–Kier alpha value is -2.67. The number of amides is 1. The summed E-state index contributed by atoms with van der Waals surface area (Å²) >= 11 is 0. The van der Waals surface area contributed by atoms with E-state index in [9.17, 15) is 9.18 Å². The van der Waals surface area contributed by atoms with E-state index in [2.05, 4.69) is 10.1 Å². The SMILES string of the molecule is C.O=C(CO)N1CCC(n2cc(-c3c[nH]c4cc(F)ccc34)cn2)CC1. The molecule has 3 aromatic rings. The average Bonchev–Trinajstić information content (AvgIpc) is 3.27. The Labute approximate surface area is 151 Å². The van der Waals surface area contributed by atoms with Crippen molar-refractivity contribution >= 4 is 16.8 Å². The lowest BCUT2D eigenvalue weighted by Gasteiger charge is -2.31. The van der Waals surface area contributed by atoms with Crippen molar-refractivity contribution in [3.8, 4) is 11.1 Å². The fraction of sp³-hybridized carbons (Fsp3) is 0.368. The van der Waals surface area contributed by atoms with Gasteiger partial charge in [-0.25, -0.2) is 4.39 Å². The Balaban J connectivity index is 0.00000196. The lowest BCUT2D eigenvalue weighted by atomic mass is 10.0. The summed E-state index contributed by atoms with van der Waals surface area (Å²) in [6, 6.07) is 4.95. The number of aromatic nitrogens is 3. The second kappa shape index (κ2) is 7.29. The standard InChI is InChI=1S/C18H19FN4O2.CH4/c19-13-1-2-15-16(9-20-17(15)7-13)12-8-21-23(10-12)14-3-5-22(6-4-14)18(25)11-24;/h1-2,7-10,14,20,24H,3-6,11H2;1H4.